The lowest BCUT2D eigenvalue weighted by molar-refractivity contribution is -0.118. The molecule has 1 aliphatic carbocycles. The molecule has 29 heavy (non-hydrogen) atoms. The highest BCUT2D eigenvalue weighted by Gasteiger charge is 2.24. The molecule has 2 aromatic rings. The van der Waals surface area contributed by atoms with Gasteiger partial charge in [-0.15, -0.1) is 0 Å². The van der Waals surface area contributed by atoms with Crippen LogP contribution >= 0.6 is 15.9 Å². The van der Waals surface area contributed by atoms with Crippen molar-refractivity contribution in [1.29, 1.82) is 0 Å². The van der Waals surface area contributed by atoms with Crippen molar-refractivity contribution < 1.29 is 18.0 Å². The largest absolute Gasteiger partial charge is 0.340 e. The second-order valence-electron chi connectivity index (χ2n) is 7.25. The lowest BCUT2D eigenvalue weighted by Crippen LogP contribution is -2.44. The zero-order valence-corrected chi connectivity index (χ0v) is 18.5. The maximum Gasteiger partial charge on any atom is 0.253 e. The number of rotatable bonds is 7. The summed E-state index contributed by atoms with van der Waals surface area (Å²) in [4.78, 5) is 25.5. The average molecular weight is 479 g/mol. The highest BCUT2D eigenvalue weighted by Crippen LogP contribution is 2.25. The highest BCUT2D eigenvalue weighted by atomic mass is 79.9. The van der Waals surface area contributed by atoms with Crippen LogP contribution in [-0.4, -0.2) is 38.3 Å². The first kappa shape index (κ1) is 21.5. The quantitative estimate of drug-likeness (QED) is 0.639. The fraction of sp³-hybridized carbons (Fsp3) is 0.333. The van der Waals surface area contributed by atoms with Crippen LogP contribution in [0.5, 0.6) is 0 Å². The van der Waals surface area contributed by atoms with Crippen molar-refractivity contribution in [1.82, 2.24) is 5.32 Å². The SMILES string of the molecule is CS(=O)(=O)CCC(NC(=O)c1ccccc1Br)C(=O)Nc1ccc2c(c1)CCC2. The Balaban J connectivity index is 1.76. The Labute approximate surface area is 179 Å². The van der Waals surface area contributed by atoms with E-state index in [9.17, 15) is 18.0 Å². The van der Waals surface area contributed by atoms with E-state index in [-0.39, 0.29) is 12.2 Å². The van der Waals surface area contributed by atoms with Gasteiger partial charge in [-0.3, -0.25) is 9.59 Å². The number of carbonyl (C=O) groups is 2. The van der Waals surface area contributed by atoms with E-state index in [2.05, 4.69) is 26.6 Å². The van der Waals surface area contributed by atoms with E-state index in [1.54, 1.807) is 24.3 Å². The number of anilines is 1. The molecule has 0 aromatic heterocycles. The van der Waals surface area contributed by atoms with Crippen LogP contribution in [-0.2, 0) is 27.5 Å². The van der Waals surface area contributed by atoms with Gasteiger partial charge in [0.05, 0.1) is 11.3 Å². The van der Waals surface area contributed by atoms with Gasteiger partial charge in [-0.2, -0.15) is 0 Å². The van der Waals surface area contributed by atoms with Crippen LogP contribution in [0.15, 0.2) is 46.9 Å². The van der Waals surface area contributed by atoms with E-state index in [1.165, 1.54) is 11.1 Å². The summed E-state index contributed by atoms with van der Waals surface area (Å²) in [7, 11) is -3.28. The molecule has 1 atom stereocenters. The lowest BCUT2D eigenvalue weighted by Gasteiger charge is -2.19. The normalized spacial score (nSPS) is 14.1. The monoisotopic (exact) mass is 478 g/mol. The molecule has 2 amide bonds. The molecule has 1 unspecified atom stereocenters. The van der Waals surface area contributed by atoms with Gasteiger partial charge in [0.25, 0.3) is 5.91 Å². The van der Waals surface area contributed by atoms with Gasteiger partial charge < -0.3 is 10.6 Å². The number of nitrogens with one attached hydrogen (secondary N) is 2. The molecular formula is C21H23BrN2O4S. The van der Waals surface area contributed by atoms with Crippen LogP contribution in [0.25, 0.3) is 0 Å². The summed E-state index contributed by atoms with van der Waals surface area (Å²) >= 11 is 3.32. The first-order chi connectivity index (χ1) is 13.7. The zero-order chi connectivity index (χ0) is 21.0. The van der Waals surface area contributed by atoms with E-state index in [0.29, 0.717) is 15.7 Å². The number of amides is 2. The Bertz CT molecular complexity index is 1040. The molecule has 0 fully saturated rings. The first-order valence-electron chi connectivity index (χ1n) is 9.39. The van der Waals surface area contributed by atoms with Crippen molar-refractivity contribution in [3.63, 3.8) is 0 Å². The second kappa shape index (κ2) is 9.09. The first-order valence-corrected chi connectivity index (χ1v) is 12.2. The van der Waals surface area contributed by atoms with Crippen LogP contribution in [0.3, 0.4) is 0 Å². The predicted octanol–water partition coefficient (Wildman–Crippen LogP) is 3.11. The van der Waals surface area contributed by atoms with E-state index >= 15 is 0 Å². The minimum atomic E-state index is -3.28. The van der Waals surface area contributed by atoms with Crippen molar-refractivity contribution in [3.8, 4) is 0 Å². The number of carbonyl (C=O) groups excluding carboxylic acids is 2. The van der Waals surface area contributed by atoms with Crippen LogP contribution in [0.2, 0.25) is 0 Å². The molecule has 2 N–H and O–H groups in total. The van der Waals surface area contributed by atoms with Crippen molar-refractivity contribution in [2.24, 2.45) is 0 Å². The standard InChI is InChI=1S/C21H23BrN2O4S/c1-29(27,28)12-11-19(24-20(25)17-7-2-3-8-18(17)22)21(26)23-16-10-9-14-5-4-6-15(14)13-16/h2-3,7-10,13,19H,4-6,11-12H2,1H3,(H,23,26)(H,24,25). The molecule has 3 rings (SSSR count). The van der Waals surface area contributed by atoms with Crippen LogP contribution in [0.4, 0.5) is 5.69 Å². The maximum atomic E-state index is 12.8. The molecule has 2 aromatic carbocycles. The van der Waals surface area contributed by atoms with Gasteiger partial charge in [-0.25, -0.2) is 8.42 Å². The van der Waals surface area contributed by atoms with E-state index in [4.69, 9.17) is 0 Å². The second-order valence-corrected chi connectivity index (χ2v) is 10.4. The summed E-state index contributed by atoms with van der Waals surface area (Å²) in [5, 5.41) is 5.49. The summed E-state index contributed by atoms with van der Waals surface area (Å²) in [6.45, 7) is 0. The van der Waals surface area contributed by atoms with Gasteiger partial charge in [-0.05, 0) is 77.0 Å². The lowest BCUT2D eigenvalue weighted by atomic mass is 10.1. The van der Waals surface area contributed by atoms with E-state index in [1.807, 2.05) is 18.2 Å². The predicted molar refractivity (Wildman–Crippen MR) is 117 cm³/mol. The summed E-state index contributed by atoms with van der Waals surface area (Å²) in [6, 6.07) is 11.7. The van der Waals surface area contributed by atoms with Crippen molar-refractivity contribution >= 4 is 43.3 Å². The minimum absolute atomic E-state index is 0.00813. The Hall–Kier alpha value is -2.19. The van der Waals surface area contributed by atoms with Gasteiger partial charge in [0.2, 0.25) is 5.91 Å². The molecule has 0 radical (unpaired) electrons. The Kier molecular flexibility index (Phi) is 6.74. The van der Waals surface area contributed by atoms with Gasteiger partial charge in [0.1, 0.15) is 15.9 Å². The molecule has 0 aliphatic heterocycles. The van der Waals surface area contributed by atoms with Gasteiger partial charge in [0.15, 0.2) is 0 Å². The highest BCUT2D eigenvalue weighted by molar-refractivity contribution is 9.10. The van der Waals surface area contributed by atoms with Crippen molar-refractivity contribution in [2.45, 2.75) is 31.7 Å². The number of hydrogen-bond acceptors (Lipinski definition) is 4. The number of hydrogen-bond donors (Lipinski definition) is 2. The van der Waals surface area contributed by atoms with Crippen LogP contribution in [0.1, 0.15) is 34.3 Å². The summed E-state index contributed by atoms with van der Waals surface area (Å²) < 4.78 is 23.8. The minimum Gasteiger partial charge on any atom is -0.340 e. The molecule has 154 valence electrons. The number of fused-ring (bicyclic) bond motifs is 1. The molecular weight excluding hydrogens is 456 g/mol. The number of benzene rings is 2. The maximum absolute atomic E-state index is 12.8. The molecule has 0 saturated carbocycles. The zero-order valence-electron chi connectivity index (χ0n) is 16.1. The molecule has 0 bridgehead atoms. The van der Waals surface area contributed by atoms with Gasteiger partial charge >= 0.3 is 0 Å². The van der Waals surface area contributed by atoms with Crippen LogP contribution < -0.4 is 10.6 Å². The summed E-state index contributed by atoms with van der Waals surface area (Å²) in [5.41, 5.74) is 3.53. The summed E-state index contributed by atoms with van der Waals surface area (Å²) in [6.07, 6.45) is 4.23. The smallest absolute Gasteiger partial charge is 0.253 e. The van der Waals surface area contributed by atoms with E-state index in [0.717, 1.165) is 25.5 Å². The number of halogens is 1. The fourth-order valence-corrected chi connectivity index (χ4v) is 4.49. The number of sulfone groups is 1. The molecule has 6 nitrogen and oxygen atoms in total. The Morgan fingerprint density at radius 3 is 2.55 bits per heavy atom. The summed E-state index contributed by atoms with van der Waals surface area (Å²) in [5.74, 6) is -1.09. The third-order valence-electron chi connectivity index (χ3n) is 4.88. The fourth-order valence-electron chi connectivity index (χ4n) is 3.36. The Morgan fingerprint density at radius 2 is 1.83 bits per heavy atom. The number of aryl methyl sites for hydroxylation is 2. The third kappa shape index (κ3) is 5.90. The third-order valence-corrected chi connectivity index (χ3v) is 6.55. The van der Waals surface area contributed by atoms with E-state index < -0.39 is 27.7 Å². The van der Waals surface area contributed by atoms with Crippen molar-refractivity contribution in [3.05, 3.63) is 63.6 Å². The molecule has 8 heteroatoms. The molecule has 0 saturated heterocycles. The van der Waals surface area contributed by atoms with Gasteiger partial charge in [-0.1, -0.05) is 18.2 Å². The molecule has 0 spiro atoms. The van der Waals surface area contributed by atoms with Gasteiger partial charge in [0, 0.05) is 16.4 Å². The van der Waals surface area contributed by atoms with Crippen molar-refractivity contribution in [2.75, 3.05) is 17.3 Å². The molecule has 0 heterocycles. The molecule has 1 aliphatic rings. The van der Waals surface area contributed by atoms with Crippen LogP contribution in [0, 0.1) is 0 Å². The topological polar surface area (TPSA) is 92.3 Å². The Morgan fingerprint density at radius 1 is 1.10 bits per heavy atom. The average Bonchev–Trinajstić information content (AvgIpc) is 3.12.